The molecule has 2 nitrogen and oxygen atoms in total. The van der Waals surface area contributed by atoms with Crippen LogP contribution in [-0.2, 0) is 0 Å². The third kappa shape index (κ3) is 2.88. The molecule has 0 aliphatic heterocycles. The van der Waals surface area contributed by atoms with Gasteiger partial charge >= 0.3 is 0 Å². The molecule has 0 bridgehead atoms. The van der Waals surface area contributed by atoms with Gasteiger partial charge < -0.3 is 10.5 Å². The molecule has 2 aromatic carbocycles. The summed E-state index contributed by atoms with van der Waals surface area (Å²) in [6, 6.07) is 8.36. The number of halogens is 2. The molecule has 0 aromatic heterocycles. The van der Waals surface area contributed by atoms with Crippen LogP contribution >= 0.6 is 12.2 Å². The second-order valence-electron chi connectivity index (χ2n) is 3.99. The number of hydrogen-bond acceptors (Lipinski definition) is 2. The number of hydrogen-bond donors (Lipinski definition) is 1. The van der Waals surface area contributed by atoms with Gasteiger partial charge in [-0.25, -0.2) is 8.78 Å². The Hall–Kier alpha value is -2.01. The van der Waals surface area contributed by atoms with Gasteiger partial charge in [0.2, 0.25) is 0 Å². The van der Waals surface area contributed by atoms with Gasteiger partial charge in [-0.2, -0.15) is 0 Å². The molecule has 0 aliphatic rings. The lowest BCUT2D eigenvalue weighted by Gasteiger charge is -2.13. The number of para-hydroxylation sites is 1. The second-order valence-corrected chi connectivity index (χ2v) is 4.43. The maximum atomic E-state index is 13.6. The van der Waals surface area contributed by atoms with Crippen molar-refractivity contribution < 1.29 is 13.5 Å². The van der Waals surface area contributed by atoms with Crippen LogP contribution in [-0.4, -0.2) is 4.99 Å². The van der Waals surface area contributed by atoms with Crippen molar-refractivity contribution >= 4 is 17.2 Å². The predicted octanol–water partition coefficient (Wildman–Crippen LogP) is 3.70. The van der Waals surface area contributed by atoms with Gasteiger partial charge in [-0.3, -0.25) is 0 Å². The molecule has 0 atom stereocenters. The van der Waals surface area contributed by atoms with Gasteiger partial charge in [0.25, 0.3) is 0 Å². The number of thiocarbonyl (C=S) groups is 1. The lowest BCUT2D eigenvalue weighted by Crippen LogP contribution is -2.11. The summed E-state index contributed by atoms with van der Waals surface area (Å²) in [6.45, 7) is 1.79. The molecule has 19 heavy (non-hydrogen) atoms. The SMILES string of the molecule is Cc1cccc(C(N)=S)c1Oc1ccc(F)cc1F. The summed E-state index contributed by atoms with van der Waals surface area (Å²) >= 11 is 4.92. The number of nitrogens with two attached hydrogens (primary N) is 1. The fraction of sp³-hybridized carbons (Fsp3) is 0.0714. The summed E-state index contributed by atoms with van der Waals surface area (Å²) in [5.74, 6) is -1.14. The molecule has 0 saturated heterocycles. The maximum absolute atomic E-state index is 13.6. The van der Waals surface area contributed by atoms with Crippen molar-refractivity contribution in [1.82, 2.24) is 0 Å². The van der Waals surface area contributed by atoms with Crippen molar-refractivity contribution in [2.24, 2.45) is 5.73 Å². The first kappa shape index (κ1) is 13.4. The fourth-order valence-corrected chi connectivity index (χ4v) is 1.81. The van der Waals surface area contributed by atoms with Crippen LogP contribution in [0.25, 0.3) is 0 Å². The van der Waals surface area contributed by atoms with Crippen LogP contribution in [0.4, 0.5) is 8.78 Å². The fourth-order valence-electron chi connectivity index (χ4n) is 1.65. The average molecular weight is 279 g/mol. The van der Waals surface area contributed by atoms with Crippen LogP contribution in [0.5, 0.6) is 11.5 Å². The Kier molecular flexibility index (Phi) is 3.76. The van der Waals surface area contributed by atoms with Crippen molar-refractivity contribution in [1.29, 1.82) is 0 Å². The van der Waals surface area contributed by atoms with Crippen LogP contribution in [0.2, 0.25) is 0 Å². The molecule has 0 amide bonds. The van der Waals surface area contributed by atoms with Gasteiger partial charge in [0.1, 0.15) is 16.6 Å². The molecular formula is C14H11F2NOS. The number of ether oxygens (including phenoxy) is 1. The smallest absolute Gasteiger partial charge is 0.168 e. The summed E-state index contributed by atoms with van der Waals surface area (Å²) in [4.78, 5) is 0.154. The Morgan fingerprint density at radius 2 is 1.95 bits per heavy atom. The van der Waals surface area contributed by atoms with Crippen molar-refractivity contribution in [2.45, 2.75) is 6.92 Å². The van der Waals surface area contributed by atoms with E-state index in [0.717, 1.165) is 17.7 Å². The zero-order valence-corrected chi connectivity index (χ0v) is 10.9. The Morgan fingerprint density at radius 3 is 2.58 bits per heavy atom. The molecule has 2 rings (SSSR count). The van der Waals surface area contributed by atoms with E-state index in [0.29, 0.717) is 11.3 Å². The standard InChI is InChI=1S/C14H11F2NOS/c1-8-3-2-4-10(14(17)19)13(8)18-12-6-5-9(15)7-11(12)16/h2-7H,1H3,(H2,17,19). The minimum Gasteiger partial charge on any atom is -0.453 e. The molecule has 0 radical (unpaired) electrons. The van der Waals surface area contributed by atoms with Crippen molar-refractivity contribution in [3.05, 3.63) is 59.2 Å². The third-order valence-corrected chi connectivity index (χ3v) is 2.80. The molecule has 0 aliphatic carbocycles. The van der Waals surface area contributed by atoms with E-state index >= 15 is 0 Å². The van der Waals surface area contributed by atoms with Crippen molar-refractivity contribution in [3.63, 3.8) is 0 Å². The summed E-state index contributed by atoms with van der Waals surface area (Å²) < 4.78 is 31.9. The van der Waals surface area contributed by atoms with E-state index in [9.17, 15) is 8.78 Å². The zero-order valence-electron chi connectivity index (χ0n) is 10.1. The highest BCUT2D eigenvalue weighted by Gasteiger charge is 2.13. The minimum atomic E-state index is -0.780. The largest absolute Gasteiger partial charge is 0.453 e. The summed E-state index contributed by atoms with van der Waals surface area (Å²) in [7, 11) is 0. The topological polar surface area (TPSA) is 35.2 Å². The highest BCUT2D eigenvalue weighted by atomic mass is 32.1. The van der Waals surface area contributed by atoms with E-state index in [-0.39, 0.29) is 10.7 Å². The lowest BCUT2D eigenvalue weighted by atomic mass is 10.1. The molecule has 0 heterocycles. The summed E-state index contributed by atoms with van der Waals surface area (Å²) in [6.07, 6.45) is 0. The summed E-state index contributed by atoms with van der Waals surface area (Å²) in [5.41, 5.74) is 6.87. The Labute approximate surface area is 114 Å². The zero-order chi connectivity index (χ0) is 14.0. The Balaban J connectivity index is 2.46. The van der Waals surface area contributed by atoms with E-state index in [1.807, 2.05) is 0 Å². The van der Waals surface area contributed by atoms with Gasteiger partial charge in [0.15, 0.2) is 11.6 Å². The first-order valence-electron chi connectivity index (χ1n) is 5.51. The molecule has 0 saturated carbocycles. The molecule has 2 N–H and O–H groups in total. The van der Waals surface area contributed by atoms with Gasteiger partial charge in [-0.1, -0.05) is 24.4 Å². The lowest BCUT2D eigenvalue weighted by molar-refractivity contribution is 0.434. The molecule has 98 valence electrons. The summed E-state index contributed by atoms with van der Waals surface area (Å²) in [5, 5.41) is 0. The highest BCUT2D eigenvalue weighted by Crippen LogP contribution is 2.30. The van der Waals surface area contributed by atoms with E-state index < -0.39 is 11.6 Å². The second kappa shape index (κ2) is 5.32. The monoisotopic (exact) mass is 279 g/mol. The van der Waals surface area contributed by atoms with Crippen LogP contribution in [0.15, 0.2) is 36.4 Å². The van der Waals surface area contributed by atoms with Crippen LogP contribution in [0.1, 0.15) is 11.1 Å². The van der Waals surface area contributed by atoms with E-state index in [1.54, 1.807) is 25.1 Å². The van der Waals surface area contributed by atoms with Crippen LogP contribution < -0.4 is 10.5 Å². The third-order valence-electron chi connectivity index (χ3n) is 2.58. The van der Waals surface area contributed by atoms with E-state index in [2.05, 4.69) is 0 Å². The number of rotatable bonds is 3. The van der Waals surface area contributed by atoms with Gasteiger partial charge in [0.05, 0.1) is 5.56 Å². The molecule has 0 fully saturated rings. The molecule has 2 aromatic rings. The predicted molar refractivity (Wildman–Crippen MR) is 73.5 cm³/mol. The van der Waals surface area contributed by atoms with Crippen LogP contribution in [0, 0.1) is 18.6 Å². The van der Waals surface area contributed by atoms with E-state index in [1.165, 1.54) is 6.07 Å². The van der Waals surface area contributed by atoms with E-state index in [4.69, 9.17) is 22.7 Å². The number of benzene rings is 2. The van der Waals surface area contributed by atoms with Crippen molar-refractivity contribution in [3.8, 4) is 11.5 Å². The average Bonchev–Trinajstić information content (AvgIpc) is 2.34. The van der Waals surface area contributed by atoms with Gasteiger partial charge in [0, 0.05) is 6.07 Å². The number of aryl methyl sites for hydroxylation is 1. The molecular weight excluding hydrogens is 268 g/mol. The Morgan fingerprint density at radius 1 is 1.21 bits per heavy atom. The molecule has 0 unspecified atom stereocenters. The first-order chi connectivity index (χ1) is 8.99. The Bertz CT molecular complexity index is 643. The highest BCUT2D eigenvalue weighted by molar-refractivity contribution is 7.80. The first-order valence-corrected chi connectivity index (χ1v) is 5.92. The molecule has 0 spiro atoms. The maximum Gasteiger partial charge on any atom is 0.168 e. The molecule has 5 heteroatoms. The normalized spacial score (nSPS) is 10.3. The van der Waals surface area contributed by atoms with Gasteiger partial charge in [-0.15, -0.1) is 0 Å². The van der Waals surface area contributed by atoms with Gasteiger partial charge in [-0.05, 0) is 30.7 Å². The minimum absolute atomic E-state index is 0.0757. The van der Waals surface area contributed by atoms with Crippen LogP contribution in [0.3, 0.4) is 0 Å². The quantitative estimate of drug-likeness (QED) is 0.870. The van der Waals surface area contributed by atoms with Crippen molar-refractivity contribution in [2.75, 3.05) is 0 Å².